The SMILES string of the molecule is C.CCOC(=O)C1CC1c1ccc(F)cc1.O=C(O)C1CC1c1ccc(F)cc1. The first-order valence-electron chi connectivity index (χ1n) is 9.31. The first kappa shape index (κ1) is 22.5. The predicted octanol–water partition coefficient (Wildman–Crippen LogP) is 5.14. The lowest BCUT2D eigenvalue weighted by atomic mass is 10.1. The number of ether oxygens (including phenoxy) is 1. The molecule has 0 amide bonds. The third-order valence-corrected chi connectivity index (χ3v) is 5.08. The minimum Gasteiger partial charge on any atom is -0.481 e. The van der Waals surface area contributed by atoms with Crippen LogP contribution in [0.2, 0.25) is 0 Å². The summed E-state index contributed by atoms with van der Waals surface area (Å²) in [6.07, 6.45) is 1.51. The summed E-state index contributed by atoms with van der Waals surface area (Å²) in [7, 11) is 0. The van der Waals surface area contributed by atoms with Gasteiger partial charge in [0, 0.05) is 0 Å². The number of rotatable bonds is 5. The normalized spacial score (nSPS) is 23.7. The third-order valence-electron chi connectivity index (χ3n) is 5.08. The minimum absolute atomic E-state index is 0. The molecule has 2 aromatic carbocycles. The van der Waals surface area contributed by atoms with Crippen LogP contribution in [-0.2, 0) is 14.3 Å². The Morgan fingerprint density at radius 3 is 1.69 bits per heavy atom. The first-order valence-corrected chi connectivity index (χ1v) is 9.31. The van der Waals surface area contributed by atoms with E-state index in [2.05, 4.69) is 0 Å². The molecule has 0 aliphatic heterocycles. The van der Waals surface area contributed by atoms with Gasteiger partial charge in [0.25, 0.3) is 0 Å². The average Bonchev–Trinajstić information content (AvgIpc) is 3.56. The molecular formula is C23H26F2O4. The summed E-state index contributed by atoms with van der Waals surface area (Å²) in [6, 6.07) is 12.4. The Kier molecular flexibility index (Phi) is 7.48. The van der Waals surface area contributed by atoms with E-state index in [4.69, 9.17) is 9.84 Å². The lowest BCUT2D eigenvalue weighted by molar-refractivity contribution is -0.144. The van der Waals surface area contributed by atoms with E-state index in [1.54, 1.807) is 31.2 Å². The summed E-state index contributed by atoms with van der Waals surface area (Å²) in [6.45, 7) is 2.22. The lowest BCUT2D eigenvalue weighted by Crippen LogP contribution is -2.07. The van der Waals surface area contributed by atoms with E-state index in [1.165, 1.54) is 24.3 Å². The lowest BCUT2D eigenvalue weighted by Gasteiger charge is -2.01. The predicted molar refractivity (Wildman–Crippen MR) is 105 cm³/mol. The fourth-order valence-corrected chi connectivity index (χ4v) is 3.33. The Morgan fingerprint density at radius 2 is 1.31 bits per heavy atom. The smallest absolute Gasteiger partial charge is 0.309 e. The molecule has 1 N–H and O–H groups in total. The second kappa shape index (κ2) is 9.63. The summed E-state index contributed by atoms with van der Waals surface area (Å²) in [4.78, 5) is 21.9. The Bertz CT molecular complexity index is 833. The van der Waals surface area contributed by atoms with Crippen LogP contribution in [0.5, 0.6) is 0 Å². The molecule has 0 heterocycles. The van der Waals surface area contributed by atoms with Crippen molar-refractivity contribution in [1.29, 1.82) is 0 Å². The number of benzene rings is 2. The van der Waals surface area contributed by atoms with Crippen LogP contribution in [-0.4, -0.2) is 23.7 Å². The highest BCUT2D eigenvalue weighted by Gasteiger charge is 2.45. The standard InChI is InChI=1S/C12H13FO2.C10H9FO2.CH4/c1-2-15-12(14)11-7-10(11)8-3-5-9(13)6-4-8;11-7-3-1-6(2-4-7)8-5-9(8)10(12)13;/h3-6,10-11H,2,7H2,1H3;1-4,8-9H,5H2,(H,12,13);1H4. The number of hydrogen-bond acceptors (Lipinski definition) is 3. The molecule has 0 saturated heterocycles. The van der Waals surface area contributed by atoms with Crippen LogP contribution in [0.3, 0.4) is 0 Å². The van der Waals surface area contributed by atoms with Crippen molar-refractivity contribution in [3.05, 3.63) is 71.3 Å². The van der Waals surface area contributed by atoms with Crippen LogP contribution in [0.4, 0.5) is 8.78 Å². The molecule has 0 radical (unpaired) electrons. The monoisotopic (exact) mass is 404 g/mol. The van der Waals surface area contributed by atoms with Gasteiger partial charge in [-0.05, 0) is 67.0 Å². The minimum atomic E-state index is -0.755. The Labute approximate surface area is 169 Å². The first-order chi connectivity index (χ1) is 13.4. The molecular weight excluding hydrogens is 378 g/mol. The molecule has 4 rings (SSSR count). The quantitative estimate of drug-likeness (QED) is 0.701. The Hall–Kier alpha value is -2.76. The van der Waals surface area contributed by atoms with Gasteiger partial charge < -0.3 is 9.84 Å². The van der Waals surface area contributed by atoms with E-state index >= 15 is 0 Å². The molecule has 2 aromatic rings. The van der Waals surface area contributed by atoms with Gasteiger partial charge in [-0.15, -0.1) is 0 Å². The van der Waals surface area contributed by atoms with Crippen LogP contribution < -0.4 is 0 Å². The topological polar surface area (TPSA) is 63.6 Å². The molecule has 4 atom stereocenters. The number of halogens is 2. The van der Waals surface area contributed by atoms with E-state index in [9.17, 15) is 18.4 Å². The zero-order valence-electron chi connectivity index (χ0n) is 15.5. The Morgan fingerprint density at radius 1 is 0.897 bits per heavy atom. The highest BCUT2D eigenvalue weighted by atomic mass is 19.1. The van der Waals surface area contributed by atoms with Crippen molar-refractivity contribution in [2.45, 2.75) is 39.0 Å². The number of hydrogen-bond donors (Lipinski definition) is 1. The van der Waals surface area contributed by atoms with E-state index in [-0.39, 0.29) is 48.7 Å². The molecule has 0 bridgehead atoms. The summed E-state index contributed by atoms with van der Waals surface area (Å²) < 4.78 is 30.1. The van der Waals surface area contributed by atoms with E-state index < -0.39 is 5.97 Å². The molecule has 4 unspecified atom stereocenters. The Balaban J connectivity index is 0.000000202. The highest BCUT2D eigenvalue weighted by molar-refractivity contribution is 5.77. The maximum Gasteiger partial charge on any atom is 0.309 e. The molecule has 2 aliphatic carbocycles. The molecule has 0 spiro atoms. The van der Waals surface area contributed by atoms with Crippen molar-refractivity contribution in [3.63, 3.8) is 0 Å². The fourth-order valence-electron chi connectivity index (χ4n) is 3.33. The van der Waals surface area contributed by atoms with Crippen LogP contribution in [0.1, 0.15) is 50.2 Å². The molecule has 2 aliphatic rings. The van der Waals surface area contributed by atoms with Crippen LogP contribution in [0, 0.1) is 23.5 Å². The van der Waals surface area contributed by atoms with E-state index in [1.807, 2.05) is 0 Å². The van der Waals surface area contributed by atoms with Gasteiger partial charge in [0.2, 0.25) is 0 Å². The van der Waals surface area contributed by atoms with Crippen molar-refractivity contribution in [2.75, 3.05) is 6.61 Å². The number of carbonyl (C=O) groups excluding carboxylic acids is 1. The van der Waals surface area contributed by atoms with Gasteiger partial charge in [-0.2, -0.15) is 0 Å². The maximum atomic E-state index is 12.7. The van der Waals surface area contributed by atoms with Crippen molar-refractivity contribution in [1.82, 2.24) is 0 Å². The molecule has 156 valence electrons. The maximum absolute atomic E-state index is 12.7. The molecule has 29 heavy (non-hydrogen) atoms. The number of carboxylic acids is 1. The van der Waals surface area contributed by atoms with Gasteiger partial charge in [0.05, 0.1) is 18.4 Å². The fraction of sp³-hybridized carbons (Fsp3) is 0.391. The number of carbonyl (C=O) groups is 2. The number of esters is 1. The van der Waals surface area contributed by atoms with Crippen molar-refractivity contribution < 1.29 is 28.2 Å². The van der Waals surface area contributed by atoms with Crippen LogP contribution in [0.25, 0.3) is 0 Å². The summed E-state index contributed by atoms with van der Waals surface area (Å²) in [5.74, 6) is -1.37. The van der Waals surface area contributed by atoms with Gasteiger partial charge in [0.1, 0.15) is 11.6 Å². The van der Waals surface area contributed by atoms with Gasteiger partial charge in [-0.25, -0.2) is 8.78 Å². The van der Waals surface area contributed by atoms with Gasteiger partial charge in [-0.1, -0.05) is 31.7 Å². The van der Waals surface area contributed by atoms with Crippen molar-refractivity contribution in [2.24, 2.45) is 11.8 Å². The average molecular weight is 404 g/mol. The zero-order valence-corrected chi connectivity index (χ0v) is 15.5. The van der Waals surface area contributed by atoms with Crippen molar-refractivity contribution >= 4 is 11.9 Å². The van der Waals surface area contributed by atoms with Crippen LogP contribution in [0.15, 0.2) is 48.5 Å². The molecule has 6 heteroatoms. The second-order valence-corrected chi connectivity index (χ2v) is 7.09. The van der Waals surface area contributed by atoms with E-state index in [0.717, 1.165) is 17.5 Å². The summed E-state index contributed by atoms with van der Waals surface area (Å²) in [5, 5.41) is 8.67. The molecule has 0 aromatic heterocycles. The van der Waals surface area contributed by atoms with E-state index in [0.29, 0.717) is 13.0 Å². The largest absolute Gasteiger partial charge is 0.481 e. The summed E-state index contributed by atoms with van der Waals surface area (Å²) in [5.41, 5.74) is 1.95. The number of aliphatic carboxylic acids is 1. The molecule has 2 fully saturated rings. The number of carboxylic acid groups (broad SMARTS) is 1. The van der Waals surface area contributed by atoms with Crippen LogP contribution >= 0.6 is 0 Å². The third kappa shape index (κ3) is 5.86. The molecule has 2 saturated carbocycles. The molecule has 4 nitrogen and oxygen atoms in total. The zero-order chi connectivity index (χ0) is 20.3. The highest BCUT2D eigenvalue weighted by Crippen LogP contribution is 2.48. The van der Waals surface area contributed by atoms with Gasteiger partial charge in [0.15, 0.2) is 0 Å². The van der Waals surface area contributed by atoms with Crippen molar-refractivity contribution in [3.8, 4) is 0 Å². The summed E-state index contributed by atoms with van der Waals surface area (Å²) >= 11 is 0. The second-order valence-electron chi connectivity index (χ2n) is 7.09. The van der Waals surface area contributed by atoms with Gasteiger partial charge >= 0.3 is 11.9 Å². The van der Waals surface area contributed by atoms with Gasteiger partial charge in [-0.3, -0.25) is 9.59 Å².